The summed E-state index contributed by atoms with van der Waals surface area (Å²) in [5, 5.41) is 12.0. The van der Waals surface area contributed by atoms with Crippen LogP contribution in [-0.4, -0.2) is 52.0 Å². The van der Waals surface area contributed by atoms with E-state index in [-0.39, 0.29) is 35.4 Å². The van der Waals surface area contributed by atoms with E-state index >= 15 is 0 Å². The number of rotatable bonds is 8. The minimum atomic E-state index is -3.76. The fraction of sp³-hybridized carbons (Fsp3) is 0.364. The zero-order valence-corrected chi connectivity index (χ0v) is 18.1. The molecule has 164 valence electrons. The lowest BCUT2D eigenvalue weighted by molar-refractivity contribution is -0.126. The van der Waals surface area contributed by atoms with Crippen LogP contribution in [-0.2, 0) is 14.8 Å². The monoisotopic (exact) mass is 443 g/mol. The Hall–Kier alpha value is -3.09. The first-order valence-electron chi connectivity index (χ1n) is 9.99. The predicted molar refractivity (Wildman–Crippen MR) is 114 cm³/mol. The normalized spacial score (nSPS) is 15.1. The third-order valence-corrected chi connectivity index (χ3v) is 7.12. The molecule has 1 heterocycles. The number of ether oxygens (including phenoxy) is 2. The molecule has 0 saturated carbocycles. The molecule has 0 unspecified atom stereocenters. The molecule has 1 fully saturated rings. The topological polar surface area (TPSA) is 109 Å². The fourth-order valence-corrected chi connectivity index (χ4v) is 5.07. The van der Waals surface area contributed by atoms with Crippen LogP contribution in [0.15, 0.2) is 53.4 Å². The number of amides is 1. The van der Waals surface area contributed by atoms with Crippen molar-refractivity contribution in [3.63, 3.8) is 0 Å². The molecule has 9 heteroatoms. The highest BCUT2D eigenvalue weighted by atomic mass is 32.2. The maximum Gasteiger partial charge on any atom is 0.244 e. The Kier molecular flexibility index (Phi) is 7.50. The van der Waals surface area contributed by atoms with Crippen molar-refractivity contribution in [3.05, 3.63) is 54.1 Å². The largest absolute Gasteiger partial charge is 0.497 e. The summed E-state index contributed by atoms with van der Waals surface area (Å²) in [6.45, 7) is 1.14. The Bertz CT molecular complexity index is 1060. The van der Waals surface area contributed by atoms with E-state index < -0.39 is 10.0 Å². The lowest BCUT2D eigenvalue weighted by Crippen LogP contribution is -2.43. The van der Waals surface area contributed by atoms with Gasteiger partial charge in [-0.3, -0.25) is 4.79 Å². The van der Waals surface area contributed by atoms with E-state index in [1.54, 1.807) is 25.3 Å². The Labute approximate surface area is 182 Å². The van der Waals surface area contributed by atoms with Gasteiger partial charge in [-0.2, -0.15) is 9.57 Å². The van der Waals surface area contributed by atoms with Crippen LogP contribution in [0.3, 0.4) is 0 Å². The van der Waals surface area contributed by atoms with Gasteiger partial charge in [-0.05, 0) is 37.1 Å². The minimum Gasteiger partial charge on any atom is -0.497 e. The van der Waals surface area contributed by atoms with Crippen LogP contribution in [0, 0.1) is 17.2 Å². The number of nitrogens with one attached hydrogen (secondary N) is 1. The molecule has 0 bridgehead atoms. The van der Waals surface area contributed by atoms with Gasteiger partial charge in [-0.1, -0.05) is 18.2 Å². The number of hydrogen-bond acceptors (Lipinski definition) is 6. The lowest BCUT2D eigenvalue weighted by atomic mass is 9.97. The third kappa shape index (κ3) is 5.54. The van der Waals surface area contributed by atoms with Gasteiger partial charge < -0.3 is 14.8 Å². The molecule has 2 aromatic carbocycles. The predicted octanol–water partition coefficient (Wildman–Crippen LogP) is 2.16. The molecule has 8 nitrogen and oxygen atoms in total. The summed E-state index contributed by atoms with van der Waals surface area (Å²) < 4.78 is 37.9. The van der Waals surface area contributed by atoms with Gasteiger partial charge in [-0.15, -0.1) is 0 Å². The smallest absolute Gasteiger partial charge is 0.244 e. The summed E-state index contributed by atoms with van der Waals surface area (Å²) in [6, 6.07) is 15.3. The first-order chi connectivity index (χ1) is 15.0. The second-order valence-electron chi connectivity index (χ2n) is 7.10. The van der Waals surface area contributed by atoms with Crippen LogP contribution in [0.4, 0.5) is 0 Å². The lowest BCUT2D eigenvalue weighted by Gasteiger charge is -2.30. The molecule has 0 radical (unpaired) electrons. The van der Waals surface area contributed by atoms with E-state index in [0.717, 1.165) is 0 Å². The van der Waals surface area contributed by atoms with Crippen LogP contribution in [0.5, 0.6) is 11.5 Å². The Morgan fingerprint density at radius 2 is 1.87 bits per heavy atom. The number of piperidine rings is 1. The highest BCUT2D eigenvalue weighted by Crippen LogP contribution is 2.25. The van der Waals surface area contributed by atoms with E-state index in [1.807, 2.05) is 24.3 Å². The molecule has 2 aromatic rings. The van der Waals surface area contributed by atoms with Crippen molar-refractivity contribution in [2.75, 3.05) is 33.4 Å². The SMILES string of the molecule is COc1cccc(OCCNC(=O)C2CCN(S(=O)(=O)c3ccccc3C#N)CC2)c1. The van der Waals surface area contributed by atoms with Crippen LogP contribution >= 0.6 is 0 Å². The van der Waals surface area contributed by atoms with Crippen molar-refractivity contribution >= 4 is 15.9 Å². The zero-order valence-electron chi connectivity index (χ0n) is 17.3. The van der Waals surface area contributed by atoms with E-state index in [0.29, 0.717) is 37.5 Å². The number of carbonyl (C=O) groups excluding carboxylic acids is 1. The molecular formula is C22H25N3O5S. The van der Waals surface area contributed by atoms with Crippen molar-refractivity contribution in [1.82, 2.24) is 9.62 Å². The van der Waals surface area contributed by atoms with Gasteiger partial charge in [0.2, 0.25) is 15.9 Å². The van der Waals surface area contributed by atoms with Gasteiger partial charge in [-0.25, -0.2) is 8.42 Å². The number of benzene rings is 2. The number of hydrogen-bond donors (Lipinski definition) is 1. The Morgan fingerprint density at radius 1 is 1.16 bits per heavy atom. The average molecular weight is 444 g/mol. The Morgan fingerprint density at radius 3 is 2.58 bits per heavy atom. The molecule has 1 aliphatic rings. The van der Waals surface area contributed by atoms with Crippen LogP contribution in [0.2, 0.25) is 0 Å². The molecule has 1 saturated heterocycles. The number of sulfonamides is 1. The molecule has 1 amide bonds. The summed E-state index contributed by atoms with van der Waals surface area (Å²) in [7, 11) is -2.18. The molecule has 1 aliphatic heterocycles. The van der Waals surface area contributed by atoms with Gasteiger partial charge in [0.05, 0.1) is 24.1 Å². The molecular weight excluding hydrogens is 418 g/mol. The highest BCUT2D eigenvalue weighted by molar-refractivity contribution is 7.89. The van der Waals surface area contributed by atoms with E-state index in [2.05, 4.69) is 5.32 Å². The number of carbonyl (C=O) groups is 1. The molecule has 1 N–H and O–H groups in total. The van der Waals surface area contributed by atoms with Crippen molar-refractivity contribution < 1.29 is 22.7 Å². The first kappa shape index (κ1) is 22.6. The second-order valence-corrected chi connectivity index (χ2v) is 9.01. The second kappa shape index (κ2) is 10.3. The molecule has 31 heavy (non-hydrogen) atoms. The van der Waals surface area contributed by atoms with Gasteiger partial charge in [0.25, 0.3) is 0 Å². The average Bonchev–Trinajstić information content (AvgIpc) is 2.81. The molecule has 0 atom stereocenters. The summed E-state index contributed by atoms with van der Waals surface area (Å²) in [4.78, 5) is 12.4. The van der Waals surface area contributed by atoms with E-state index in [1.165, 1.54) is 16.4 Å². The maximum absolute atomic E-state index is 12.9. The molecule has 0 aliphatic carbocycles. The van der Waals surface area contributed by atoms with Gasteiger partial charge in [0.1, 0.15) is 24.2 Å². The van der Waals surface area contributed by atoms with E-state index in [4.69, 9.17) is 9.47 Å². The minimum absolute atomic E-state index is 0.00935. The summed E-state index contributed by atoms with van der Waals surface area (Å²) >= 11 is 0. The highest BCUT2D eigenvalue weighted by Gasteiger charge is 2.33. The van der Waals surface area contributed by atoms with Crippen molar-refractivity contribution in [1.29, 1.82) is 5.26 Å². The number of methoxy groups -OCH3 is 1. The Balaban J connectivity index is 1.47. The van der Waals surface area contributed by atoms with Crippen LogP contribution < -0.4 is 14.8 Å². The van der Waals surface area contributed by atoms with Crippen LogP contribution in [0.25, 0.3) is 0 Å². The van der Waals surface area contributed by atoms with Gasteiger partial charge in [0, 0.05) is 25.1 Å². The molecule has 0 spiro atoms. The number of nitrogens with zero attached hydrogens (tertiary/aromatic N) is 2. The van der Waals surface area contributed by atoms with Gasteiger partial charge in [0.15, 0.2) is 0 Å². The van der Waals surface area contributed by atoms with Crippen LogP contribution in [0.1, 0.15) is 18.4 Å². The third-order valence-electron chi connectivity index (χ3n) is 5.16. The van der Waals surface area contributed by atoms with Crippen molar-refractivity contribution in [2.45, 2.75) is 17.7 Å². The summed E-state index contributed by atoms with van der Waals surface area (Å²) in [5.74, 6) is 0.989. The van der Waals surface area contributed by atoms with E-state index in [9.17, 15) is 18.5 Å². The molecule has 0 aromatic heterocycles. The fourth-order valence-electron chi connectivity index (χ4n) is 3.46. The quantitative estimate of drug-likeness (QED) is 0.627. The molecule has 3 rings (SSSR count). The number of nitriles is 1. The van der Waals surface area contributed by atoms with Crippen molar-refractivity contribution in [2.24, 2.45) is 5.92 Å². The summed E-state index contributed by atoms with van der Waals surface area (Å²) in [5.41, 5.74) is 0.124. The maximum atomic E-state index is 12.9. The summed E-state index contributed by atoms with van der Waals surface area (Å²) in [6.07, 6.45) is 0.854. The standard InChI is InChI=1S/C22H25N3O5S/c1-29-19-6-4-7-20(15-19)30-14-11-24-22(26)17-9-12-25(13-10-17)31(27,28)21-8-3-2-5-18(21)16-23/h2-8,15,17H,9-14H2,1H3,(H,24,26). The van der Waals surface area contributed by atoms with Gasteiger partial charge >= 0.3 is 0 Å². The van der Waals surface area contributed by atoms with Crippen molar-refractivity contribution in [3.8, 4) is 17.6 Å². The zero-order chi connectivity index (χ0) is 22.3. The first-order valence-corrected chi connectivity index (χ1v) is 11.4.